The summed E-state index contributed by atoms with van der Waals surface area (Å²) in [5.41, 5.74) is 5.76. The molecule has 1 aliphatic heterocycles. The number of thiazole rings is 1. The van der Waals surface area contributed by atoms with Gasteiger partial charge in [0.2, 0.25) is 5.95 Å². The zero-order chi connectivity index (χ0) is 23.7. The molecule has 7 nitrogen and oxygen atoms in total. The van der Waals surface area contributed by atoms with Gasteiger partial charge in [-0.15, -0.1) is 0 Å². The highest BCUT2D eigenvalue weighted by Crippen LogP contribution is 2.30. The molecule has 174 valence electrons. The zero-order valence-corrected chi connectivity index (χ0v) is 20.5. The summed E-state index contributed by atoms with van der Waals surface area (Å²) in [7, 11) is 0. The maximum atomic E-state index is 13.1. The van der Waals surface area contributed by atoms with Crippen LogP contribution in [0.3, 0.4) is 0 Å². The molecule has 1 amide bonds. The highest BCUT2D eigenvalue weighted by molar-refractivity contribution is 7.22. The first-order valence-electron chi connectivity index (χ1n) is 11.6. The molecule has 3 heterocycles. The van der Waals surface area contributed by atoms with E-state index in [0.29, 0.717) is 24.6 Å². The van der Waals surface area contributed by atoms with E-state index in [2.05, 4.69) is 45.3 Å². The molecule has 0 bridgehead atoms. The molecule has 4 aromatic rings. The summed E-state index contributed by atoms with van der Waals surface area (Å²) in [4.78, 5) is 30.9. The van der Waals surface area contributed by atoms with E-state index < -0.39 is 0 Å². The second-order valence-corrected chi connectivity index (χ2v) is 9.62. The van der Waals surface area contributed by atoms with E-state index in [-0.39, 0.29) is 5.91 Å². The molecule has 0 saturated carbocycles. The second-order valence-electron chi connectivity index (χ2n) is 8.61. The third-order valence-corrected chi connectivity index (χ3v) is 7.14. The Hall–Kier alpha value is -3.52. The van der Waals surface area contributed by atoms with Crippen LogP contribution in [0.4, 0.5) is 16.8 Å². The van der Waals surface area contributed by atoms with Crippen molar-refractivity contribution in [1.29, 1.82) is 0 Å². The monoisotopic (exact) mass is 472 g/mol. The number of carbonyl (C=O) groups is 1. The Bertz CT molecular complexity index is 1300. The summed E-state index contributed by atoms with van der Waals surface area (Å²) in [5, 5.41) is 4.25. The molecule has 0 spiro atoms. The summed E-state index contributed by atoms with van der Waals surface area (Å²) in [6.45, 7) is 9.01. The lowest BCUT2D eigenvalue weighted by Crippen LogP contribution is -2.48. The normalized spacial score (nSPS) is 14.0. The first-order chi connectivity index (χ1) is 16.5. The summed E-state index contributed by atoms with van der Waals surface area (Å²) in [6.07, 6.45) is 1.03. The van der Waals surface area contributed by atoms with Crippen molar-refractivity contribution in [2.24, 2.45) is 0 Å². The molecule has 0 unspecified atom stereocenters. The Morgan fingerprint density at radius 3 is 2.32 bits per heavy atom. The fraction of sp³-hybridized carbons (Fsp3) is 0.308. The molecule has 0 atom stereocenters. The van der Waals surface area contributed by atoms with E-state index in [1.165, 1.54) is 10.3 Å². The highest BCUT2D eigenvalue weighted by atomic mass is 32.1. The van der Waals surface area contributed by atoms with Crippen LogP contribution in [0.2, 0.25) is 0 Å². The largest absolute Gasteiger partial charge is 0.345 e. The first-order valence-corrected chi connectivity index (χ1v) is 12.4. The standard InChI is InChI=1S/C26H28N6OS/c1-4-19-5-10-22-23(16-19)34-26(30-22)32-13-11-31(12-14-32)24(33)20-6-8-21(9-7-20)29-25-27-17(2)15-18(3)28-25/h5-10,15-16H,4,11-14H2,1-3H3,(H,27,28,29). The number of amides is 1. The Kier molecular flexibility index (Phi) is 6.15. The molecular formula is C26H28N6OS. The van der Waals surface area contributed by atoms with Gasteiger partial charge in [0.25, 0.3) is 5.91 Å². The van der Waals surface area contributed by atoms with Gasteiger partial charge in [-0.1, -0.05) is 24.3 Å². The maximum Gasteiger partial charge on any atom is 0.253 e. The van der Waals surface area contributed by atoms with Crippen LogP contribution in [-0.4, -0.2) is 51.9 Å². The molecule has 1 saturated heterocycles. The van der Waals surface area contributed by atoms with Crippen molar-refractivity contribution in [3.05, 3.63) is 71.0 Å². The predicted octanol–water partition coefficient (Wildman–Crippen LogP) is 4.97. The molecular weight excluding hydrogens is 444 g/mol. The summed E-state index contributed by atoms with van der Waals surface area (Å²) in [6, 6.07) is 16.0. The van der Waals surface area contributed by atoms with Gasteiger partial charge in [0.1, 0.15) is 0 Å². The second kappa shape index (κ2) is 9.38. The van der Waals surface area contributed by atoms with Gasteiger partial charge in [0.15, 0.2) is 5.13 Å². The van der Waals surface area contributed by atoms with Crippen molar-refractivity contribution < 1.29 is 4.79 Å². The van der Waals surface area contributed by atoms with Gasteiger partial charge in [0, 0.05) is 48.8 Å². The zero-order valence-electron chi connectivity index (χ0n) is 19.7. The van der Waals surface area contributed by atoms with Crippen LogP contribution in [0, 0.1) is 13.8 Å². The fourth-order valence-electron chi connectivity index (χ4n) is 4.20. The molecule has 5 rings (SSSR count). The number of hydrogen-bond donors (Lipinski definition) is 1. The third kappa shape index (κ3) is 4.72. The van der Waals surface area contributed by atoms with Crippen molar-refractivity contribution in [3.8, 4) is 0 Å². The predicted molar refractivity (Wildman–Crippen MR) is 138 cm³/mol. The minimum absolute atomic E-state index is 0.0609. The molecule has 2 aromatic carbocycles. The first kappa shape index (κ1) is 22.3. The lowest BCUT2D eigenvalue weighted by atomic mass is 10.1. The van der Waals surface area contributed by atoms with Gasteiger partial charge in [-0.2, -0.15) is 0 Å². The van der Waals surface area contributed by atoms with E-state index in [0.717, 1.165) is 47.2 Å². The van der Waals surface area contributed by atoms with Gasteiger partial charge in [-0.3, -0.25) is 4.79 Å². The Labute approximate surface area is 203 Å². The Morgan fingerprint density at radius 2 is 1.65 bits per heavy atom. The number of aromatic nitrogens is 3. The topological polar surface area (TPSA) is 74.2 Å². The summed E-state index contributed by atoms with van der Waals surface area (Å²) < 4.78 is 1.23. The van der Waals surface area contributed by atoms with Gasteiger partial charge >= 0.3 is 0 Å². The lowest BCUT2D eigenvalue weighted by molar-refractivity contribution is 0.0747. The van der Waals surface area contributed by atoms with Crippen LogP contribution in [0.1, 0.15) is 34.2 Å². The lowest BCUT2D eigenvalue weighted by Gasteiger charge is -2.34. The molecule has 0 radical (unpaired) electrons. The smallest absolute Gasteiger partial charge is 0.253 e. The van der Waals surface area contributed by atoms with Gasteiger partial charge in [-0.05, 0) is 68.3 Å². The molecule has 34 heavy (non-hydrogen) atoms. The minimum Gasteiger partial charge on any atom is -0.345 e. The summed E-state index contributed by atoms with van der Waals surface area (Å²) >= 11 is 1.74. The summed E-state index contributed by atoms with van der Waals surface area (Å²) in [5.74, 6) is 0.624. The number of aryl methyl sites for hydroxylation is 3. The minimum atomic E-state index is 0.0609. The number of anilines is 3. The van der Waals surface area contributed by atoms with Crippen LogP contribution in [-0.2, 0) is 6.42 Å². The third-order valence-electron chi connectivity index (χ3n) is 6.06. The number of benzene rings is 2. The van der Waals surface area contributed by atoms with E-state index in [9.17, 15) is 4.79 Å². The maximum absolute atomic E-state index is 13.1. The van der Waals surface area contributed by atoms with E-state index in [1.807, 2.05) is 49.1 Å². The van der Waals surface area contributed by atoms with Gasteiger partial charge < -0.3 is 15.1 Å². The average Bonchev–Trinajstić information content (AvgIpc) is 3.27. The molecule has 0 aliphatic carbocycles. The van der Waals surface area contributed by atoms with Crippen LogP contribution in [0.5, 0.6) is 0 Å². The van der Waals surface area contributed by atoms with E-state index in [4.69, 9.17) is 4.98 Å². The van der Waals surface area contributed by atoms with Crippen LogP contribution >= 0.6 is 11.3 Å². The molecule has 1 aliphatic rings. The number of rotatable bonds is 5. The number of nitrogens with zero attached hydrogens (tertiary/aromatic N) is 5. The SMILES string of the molecule is CCc1ccc2nc(N3CCN(C(=O)c4ccc(Nc5nc(C)cc(C)n5)cc4)CC3)sc2c1. The van der Waals surface area contributed by atoms with Crippen LogP contribution in [0.15, 0.2) is 48.5 Å². The van der Waals surface area contributed by atoms with Crippen LogP contribution in [0.25, 0.3) is 10.2 Å². The fourth-order valence-corrected chi connectivity index (χ4v) is 5.28. The van der Waals surface area contributed by atoms with Crippen molar-refractivity contribution in [1.82, 2.24) is 19.9 Å². The van der Waals surface area contributed by atoms with Crippen molar-refractivity contribution in [2.45, 2.75) is 27.2 Å². The molecule has 1 N–H and O–H groups in total. The van der Waals surface area contributed by atoms with E-state index >= 15 is 0 Å². The van der Waals surface area contributed by atoms with Crippen LogP contribution < -0.4 is 10.2 Å². The van der Waals surface area contributed by atoms with Gasteiger partial charge in [-0.25, -0.2) is 15.0 Å². The highest BCUT2D eigenvalue weighted by Gasteiger charge is 2.24. The Morgan fingerprint density at radius 1 is 0.941 bits per heavy atom. The number of fused-ring (bicyclic) bond motifs is 1. The van der Waals surface area contributed by atoms with Gasteiger partial charge in [0.05, 0.1) is 10.2 Å². The average molecular weight is 473 g/mol. The van der Waals surface area contributed by atoms with E-state index in [1.54, 1.807) is 11.3 Å². The number of carbonyl (C=O) groups excluding carboxylic acids is 1. The van der Waals surface area contributed by atoms with Crippen molar-refractivity contribution in [2.75, 3.05) is 36.4 Å². The Balaban J connectivity index is 1.21. The quantitative estimate of drug-likeness (QED) is 0.442. The molecule has 1 fully saturated rings. The molecule has 8 heteroatoms. The van der Waals surface area contributed by atoms with Crippen molar-refractivity contribution in [3.63, 3.8) is 0 Å². The molecule has 2 aromatic heterocycles. The van der Waals surface area contributed by atoms with Crippen molar-refractivity contribution >= 4 is 44.2 Å². The number of nitrogens with one attached hydrogen (secondary N) is 1. The number of hydrogen-bond acceptors (Lipinski definition) is 7. The number of piperazine rings is 1.